The maximum absolute atomic E-state index is 13.6. The van der Waals surface area contributed by atoms with Crippen LogP contribution in [-0.4, -0.2) is 34.6 Å². The van der Waals surface area contributed by atoms with Gasteiger partial charge in [0.05, 0.1) is 5.56 Å². The lowest BCUT2D eigenvalue weighted by Gasteiger charge is -2.32. The Labute approximate surface area is 193 Å². The molecule has 1 aliphatic rings. The minimum Gasteiger partial charge on any atom is -0.490 e. The van der Waals surface area contributed by atoms with Crippen LogP contribution in [0.4, 0.5) is 4.39 Å². The molecule has 5 heteroatoms. The second-order valence-electron chi connectivity index (χ2n) is 8.62. The van der Waals surface area contributed by atoms with E-state index < -0.39 is 0 Å². The number of benzene rings is 3. The van der Waals surface area contributed by atoms with Gasteiger partial charge in [0, 0.05) is 55.1 Å². The van der Waals surface area contributed by atoms with E-state index in [0.717, 1.165) is 41.5 Å². The van der Waals surface area contributed by atoms with Crippen LogP contribution in [0.3, 0.4) is 0 Å². The van der Waals surface area contributed by atoms with E-state index in [1.807, 2.05) is 48.2 Å². The molecule has 0 spiro atoms. The topological polar surface area (TPSA) is 34.5 Å². The van der Waals surface area contributed by atoms with E-state index in [0.29, 0.717) is 18.8 Å². The van der Waals surface area contributed by atoms with Gasteiger partial charge in [-0.3, -0.25) is 4.79 Å². The Morgan fingerprint density at radius 1 is 0.970 bits per heavy atom. The average Bonchev–Trinajstić information content (AvgIpc) is 3.11. The van der Waals surface area contributed by atoms with Crippen LogP contribution in [-0.2, 0) is 6.54 Å². The van der Waals surface area contributed by atoms with Gasteiger partial charge in [0.25, 0.3) is 5.91 Å². The Balaban J connectivity index is 1.35. The van der Waals surface area contributed by atoms with Crippen LogP contribution in [0.2, 0.25) is 0 Å². The van der Waals surface area contributed by atoms with Crippen molar-refractivity contribution in [1.82, 2.24) is 9.47 Å². The van der Waals surface area contributed by atoms with Gasteiger partial charge >= 0.3 is 0 Å². The molecule has 5 rings (SSSR count). The molecule has 1 aliphatic heterocycles. The zero-order chi connectivity index (χ0) is 22.8. The van der Waals surface area contributed by atoms with Crippen LogP contribution >= 0.6 is 0 Å². The fourth-order valence-electron chi connectivity index (χ4n) is 4.74. The van der Waals surface area contributed by atoms with Crippen molar-refractivity contribution in [2.45, 2.75) is 32.4 Å². The van der Waals surface area contributed by atoms with Crippen LogP contribution < -0.4 is 4.74 Å². The van der Waals surface area contributed by atoms with Crippen LogP contribution in [0.15, 0.2) is 78.9 Å². The summed E-state index contributed by atoms with van der Waals surface area (Å²) in [5.41, 5.74) is 4.05. The van der Waals surface area contributed by atoms with Gasteiger partial charge in [-0.2, -0.15) is 0 Å². The van der Waals surface area contributed by atoms with E-state index in [1.54, 1.807) is 12.1 Å². The van der Waals surface area contributed by atoms with Crippen LogP contribution in [0.1, 0.15) is 34.5 Å². The van der Waals surface area contributed by atoms with Crippen LogP contribution in [0.5, 0.6) is 5.75 Å². The Morgan fingerprint density at radius 3 is 2.45 bits per heavy atom. The minimum absolute atomic E-state index is 0.0173. The molecule has 168 valence electrons. The molecule has 0 radical (unpaired) electrons. The molecule has 33 heavy (non-hydrogen) atoms. The van der Waals surface area contributed by atoms with Crippen molar-refractivity contribution in [1.29, 1.82) is 0 Å². The molecule has 0 bridgehead atoms. The second kappa shape index (κ2) is 9.10. The summed E-state index contributed by atoms with van der Waals surface area (Å²) in [4.78, 5) is 15.6. The van der Waals surface area contributed by atoms with Gasteiger partial charge in [0.2, 0.25) is 0 Å². The molecule has 0 unspecified atom stereocenters. The second-order valence-corrected chi connectivity index (χ2v) is 8.62. The van der Waals surface area contributed by atoms with E-state index in [-0.39, 0.29) is 17.8 Å². The summed E-state index contributed by atoms with van der Waals surface area (Å²) in [6.07, 6.45) is 1.44. The molecule has 4 nitrogen and oxygen atoms in total. The molecule has 0 N–H and O–H groups in total. The minimum atomic E-state index is -0.303. The Bertz CT molecular complexity index is 1270. The number of carbonyl (C=O) groups excluding carboxylic acids is 1. The number of hydrogen-bond donors (Lipinski definition) is 0. The summed E-state index contributed by atoms with van der Waals surface area (Å²) in [6, 6.07) is 24.7. The Morgan fingerprint density at radius 2 is 1.70 bits per heavy atom. The number of hydrogen-bond acceptors (Lipinski definition) is 2. The van der Waals surface area contributed by atoms with Crippen molar-refractivity contribution in [2.24, 2.45) is 0 Å². The van der Waals surface area contributed by atoms with Gasteiger partial charge < -0.3 is 14.2 Å². The molecule has 1 fully saturated rings. The van der Waals surface area contributed by atoms with E-state index in [2.05, 4.69) is 22.8 Å². The van der Waals surface area contributed by atoms with E-state index in [1.165, 1.54) is 17.7 Å². The van der Waals surface area contributed by atoms with Crippen molar-refractivity contribution < 1.29 is 13.9 Å². The highest BCUT2D eigenvalue weighted by molar-refractivity contribution is 6.08. The first kappa shape index (κ1) is 21.3. The molecule has 0 aliphatic carbocycles. The van der Waals surface area contributed by atoms with Crippen LogP contribution in [0, 0.1) is 12.7 Å². The lowest BCUT2D eigenvalue weighted by molar-refractivity contribution is 0.0596. The number of nitrogens with zero attached hydrogens (tertiary/aromatic N) is 2. The van der Waals surface area contributed by atoms with Gasteiger partial charge in [-0.1, -0.05) is 54.6 Å². The van der Waals surface area contributed by atoms with Crippen molar-refractivity contribution in [3.8, 4) is 5.75 Å². The smallest absolute Gasteiger partial charge is 0.256 e. The normalized spacial score (nSPS) is 14.5. The summed E-state index contributed by atoms with van der Waals surface area (Å²) in [5.74, 6) is 0.307. The van der Waals surface area contributed by atoms with Crippen molar-refractivity contribution >= 4 is 16.8 Å². The molecule has 1 amide bonds. The third-order valence-electron chi connectivity index (χ3n) is 6.46. The Hall–Kier alpha value is -3.60. The van der Waals surface area contributed by atoms with Gasteiger partial charge in [0.15, 0.2) is 0 Å². The SMILES string of the molecule is Cc1c(C(=O)N2CCC(Oc3cccc(F)c3)CC2)c2ccccc2n1Cc1ccccc1. The number of para-hydroxylation sites is 1. The number of piperidine rings is 1. The molecular weight excluding hydrogens is 415 g/mol. The third-order valence-corrected chi connectivity index (χ3v) is 6.46. The quantitative estimate of drug-likeness (QED) is 0.390. The highest BCUT2D eigenvalue weighted by Gasteiger charge is 2.28. The number of likely N-dealkylation sites (tertiary alicyclic amines) is 1. The lowest BCUT2D eigenvalue weighted by Crippen LogP contribution is -2.42. The molecule has 1 saturated heterocycles. The zero-order valence-corrected chi connectivity index (χ0v) is 18.7. The molecule has 0 saturated carbocycles. The van der Waals surface area contributed by atoms with Gasteiger partial charge in [0.1, 0.15) is 17.7 Å². The van der Waals surface area contributed by atoms with E-state index in [9.17, 15) is 9.18 Å². The van der Waals surface area contributed by atoms with Gasteiger partial charge in [-0.25, -0.2) is 4.39 Å². The lowest BCUT2D eigenvalue weighted by atomic mass is 10.0. The van der Waals surface area contributed by atoms with E-state index in [4.69, 9.17) is 4.74 Å². The standard InChI is InChI=1S/C28H27FN2O2/c1-20-27(25-12-5-6-13-26(25)31(20)19-21-8-3-2-4-9-21)28(32)30-16-14-23(15-17-30)33-24-11-7-10-22(29)18-24/h2-13,18,23H,14-17,19H2,1H3. The molecule has 3 aromatic carbocycles. The summed E-state index contributed by atoms with van der Waals surface area (Å²) in [7, 11) is 0. The van der Waals surface area contributed by atoms with Crippen molar-refractivity contribution in [3.63, 3.8) is 0 Å². The predicted octanol–water partition coefficient (Wildman–Crippen LogP) is 5.82. The van der Waals surface area contributed by atoms with E-state index >= 15 is 0 Å². The number of ether oxygens (including phenoxy) is 1. The number of halogens is 1. The maximum atomic E-state index is 13.6. The monoisotopic (exact) mass is 442 g/mol. The maximum Gasteiger partial charge on any atom is 0.256 e. The molecule has 0 atom stereocenters. The molecule has 4 aromatic rings. The fraction of sp³-hybridized carbons (Fsp3) is 0.250. The summed E-state index contributed by atoms with van der Waals surface area (Å²) >= 11 is 0. The molecule has 1 aromatic heterocycles. The highest BCUT2D eigenvalue weighted by atomic mass is 19.1. The fourth-order valence-corrected chi connectivity index (χ4v) is 4.74. The summed E-state index contributed by atoms with van der Waals surface area (Å²) in [5, 5.41) is 0.995. The first-order valence-corrected chi connectivity index (χ1v) is 11.4. The van der Waals surface area contributed by atoms with Gasteiger partial charge in [-0.15, -0.1) is 0 Å². The summed E-state index contributed by atoms with van der Waals surface area (Å²) < 4.78 is 21.6. The summed E-state index contributed by atoms with van der Waals surface area (Å²) in [6.45, 7) is 4.01. The zero-order valence-electron chi connectivity index (χ0n) is 18.7. The molecular formula is C28H27FN2O2. The van der Waals surface area contributed by atoms with Crippen molar-refractivity contribution in [2.75, 3.05) is 13.1 Å². The first-order chi connectivity index (χ1) is 16.1. The average molecular weight is 443 g/mol. The number of amides is 1. The Kier molecular flexibility index (Phi) is 5.86. The van der Waals surface area contributed by atoms with Crippen LogP contribution in [0.25, 0.3) is 10.9 Å². The predicted molar refractivity (Wildman–Crippen MR) is 128 cm³/mol. The molecule has 2 heterocycles. The number of fused-ring (bicyclic) bond motifs is 1. The van der Waals surface area contributed by atoms with Gasteiger partial charge in [-0.05, 0) is 30.7 Å². The third kappa shape index (κ3) is 4.36. The largest absolute Gasteiger partial charge is 0.490 e. The number of carbonyl (C=O) groups is 1. The first-order valence-electron chi connectivity index (χ1n) is 11.4. The number of aromatic nitrogens is 1. The van der Waals surface area contributed by atoms with Crippen molar-refractivity contribution in [3.05, 3.63) is 102 Å². The highest BCUT2D eigenvalue weighted by Crippen LogP contribution is 2.29. The number of rotatable bonds is 5.